The van der Waals surface area contributed by atoms with Gasteiger partial charge in [0.25, 0.3) is 0 Å². The quantitative estimate of drug-likeness (QED) is 0.149. The highest BCUT2D eigenvalue weighted by Crippen LogP contribution is 2.54. The first-order valence-corrected chi connectivity index (χ1v) is 18.7. The van der Waals surface area contributed by atoms with Crippen molar-refractivity contribution in [3.63, 3.8) is 0 Å². The fraction of sp³-hybridized carbons (Fsp3) is 0.421. The SMILES string of the molecule is Cc1ccc(C(C)N2CCOc3c(C(F)(F)F)c(-c4ccc(F)c5sc(N)c(C#N)c45)c(F)c4nc(OCC5(CN6CCC(F)CC6)CC5)nc2c34)c(N)n1. The number of ether oxygens (including phenoxy) is 2. The van der Waals surface area contributed by atoms with Gasteiger partial charge in [-0.05, 0) is 57.2 Å². The molecule has 288 valence electrons. The number of nitrogens with zero attached hydrogens (tertiary/aromatic N) is 6. The topological polar surface area (TPSA) is 139 Å². The number of likely N-dealkylation sites (tertiary alicyclic amines) is 1. The molecular weight excluding hydrogens is 747 g/mol. The van der Waals surface area contributed by atoms with E-state index in [1.165, 1.54) is 0 Å². The van der Waals surface area contributed by atoms with E-state index in [2.05, 4.69) is 19.9 Å². The van der Waals surface area contributed by atoms with Gasteiger partial charge in [0, 0.05) is 47.3 Å². The first-order chi connectivity index (χ1) is 26.2. The number of aryl methyl sites for hydroxylation is 1. The zero-order chi connectivity index (χ0) is 39.0. The van der Waals surface area contributed by atoms with E-state index >= 15 is 22.0 Å². The third kappa shape index (κ3) is 6.48. The molecular formula is C38H36F6N8O2S. The molecule has 8 rings (SSSR count). The molecule has 5 heterocycles. The van der Waals surface area contributed by atoms with Crippen molar-refractivity contribution in [2.24, 2.45) is 5.41 Å². The van der Waals surface area contributed by atoms with Crippen LogP contribution in [-0.4, -0.2) is 65.4 Å². The van der Waals surface area contributed by atoms with Gasteiger partial charge in [-0.3, -0.25) is 0 Å². The number of rotatable bonds is 8. The molecule has 55 heavy (non-hydrogen) atoms. The van der Waals surface area contributed by atoms with E-state index in [0.717, 1.165) is 25.0 Å². The Morgan fingerprint density at radius 1 is 1.07 bits per heavy atom. The van der Waals surface area contributed by atoms with Crippen LogP contribution in [-0.2, 0) is 6.18 Å². The number of nitrogen functional groups attached to an aromatic ring is 2. The van der Waals surface area contributed by atoms with Gasteiger partial charge in [0.2, 0.25) is 0 Å². The van der Waals surface area contributed by atoms with Crippen molar-refractivity contribution in [2.45, 2.75) is 57.9 Å². The maximum Gasteiger partial charge on any atom is 0.420 e. The van der Waals surface area contributed by atoms with Crippen molar-refractivity contribution in [1.82, 2.24) is 19.9 Å². The highest BCUT2D eigenvalue weighted by molar-refractivity contribution is 7.23. The molecule has 1 aliphatic carbocycles. The second-order valence-corrected chi connectivity index (χ2v) is 15.6. The maximum absolute atomic E-state index is 17.4. The van der Waals surface area contributed by atoms with Crippen molar-refractivity contribution in [3.05, 3.63) is 58.3 Å². The van der Waals surface area contributed by atoms with Crippen LogP contribution in [0.25, 0.3) is 32.1 Å². The molecule has 2 aliphatic heterocycles. The fourth-order valence-corrected chi connectivity index (χ4v) is 8.78. The van der Waals surface area contributed by atoms with Gasteiger partial charge in [0.15, 0.2) is 5.82 Å². The molecule has 2 fully saturated rings. The summed E-state index contributed by atoms with van der Waals surface area (Å²) in [7, 11) is 0. The first-order valence-electron chi connectivity index (χ1n) is 17.9. The van der Waals surface area contributed by atoms with Crippen LogP contribution in [0.2, 0.25) is 0 Å². The molecule has 10 nitrogen and oxygen atoms in total. The van der Waals surface area contributed by atoms with Crippen LogP contribution in [0.1, 0.15) is 61.0 Å². The molecule has 2 aromatic carbocycles. The normalized spacial score (nSPS) is 17.9. The van der Waals surface area contributed by atoms with E-state index in [1.54, 1.807) is 30.9 Å². The summed E-state index contributed by atoms with van der Waals surface area (Å²) in [6, 6.07) is 6.35. The summed E-state index contributed by atoms with van der Waals surface area (Å²) in [5, 5.41) is 9.21. The lowest BCUT2D eigenvalue weighted by molar-refractivity contribution is -0.138. The van der Waals surface area contributed by atoms with E-state index < -0.39 is 58.0 Å². The zero-order valence-corrected chi connectivity index (χ0v) is 30.7. The van der Waals surface area contributed by atoms with Crippen molar-refractivity contribution >= 4 is 49.0 Å². The van der Waals surface area contributed by atoms with Crippen LogP contribution in [0.3, 0.4) is 0 Å². The Kier molecular flexibility index (Phi) is 9.11. The minimum absolute atomic E-state index is 0.00212. The third-order valence-electron chi connectivity index (χ3n) is 10.9. The number of fused-ring (bicyclic) bond motifs is 1. The third-order valence-corrected chi connectivity index (χ3v) is 11.9. The second-order valence-electron chi connectivity index (χ2n) is 14.6. The number of piperidine rings is 1. The zero-order valence-electron chi connectivity index (χ0n) is 29.9. The van der Waals surface area contributed by atoms with Crippen LogP contribution in [0.15, 0.2) is 24.3 Å². The van der Waals surface area contributed by atoms with E-state index in [9.17, 15) is 9.65 Å². The number of hydrogen-bond donors (Lipinski definition) is 2. The minimum atomic E-state index is -5.22. The molecule has 4 N–H and O–H groups in total. The summed E-state index contributed by atoms with van der Waals surface area (Å²) >= 11 is 0.677. The van der Waals surface area contributed by atoms with E-state index in [1.807, 2.05) is 6.07 Å². The van der Waals surface area contributed by atoms with Gasteiger partial charge in [-0.2, -0.15) is 28.4 Å². The molecule has 0 radical (unpaired) electrons. The number of anilines is 3. The lowest BCUT2D eigenvalue weighted by Gasteiger charge is -2.32. The molecule has 0 bridgehead atoms. The predicted octanol–water partition coefficient (Wildman–Crippen LogP) is 8.10. The van der Waals surface area contributed by atoms with Crippen molar-refractivity contribution in [3.8, 4) is 29.0 Å². The predicted molar refractivity (Wildman–Crippen MR) is 197 cm³/mol. The fourth-order valence-electron chi connectivity index (χ4n) is 7.83. The standard InChI is InChI=1S/C38H36F6N8O2S/c1-18-3-4-21(33(46)48-18)19(2)52-13-14-53-31-27-30(49-36(50-35(27)52)54-17-37(9-10-37)16-51-11-7-20(39)8-12-51)29(41)26(28(31)38(42,43)44)22-5-6-24(40)32-25(22)23(15-45)34(47)55-32/h3-6,19-20H,7-14,16-17,47H2,1-2H3,(H2,46,48). The average Bonchev–Trinajstić information content (AvgIpc) is 3.85. The Morgan fingerprint density at radius 2 is 1.82 bits per heavy atom. The number of halogens is 6. The van der Waals surface area contributed by atoms with Gasteiger partial charge < -0.3 is 30.7 Å². The summed E-state index contributed by atoms with van der Waals surface area (Å²) in [5.74, 6) is -2.83. The van der Waals surface area contributed by atoms with Crippen molar-refractivity contribution < 1.29 is 35.8 Å². The van der Waals surface area contributed by atoms with E-state index in [0.29, 0.717) is 55.1 Å². The Morgan fingerprint density at radius 3 is 2.49 bits per heavy atom. The summed E-state index contributed by atoms with van der Waals surface area (Å²) in [6.45, 7) is 5.27. The van der Waals surface area contributed by atoms with Crippen LogP contribution in [0.4, 0.5) is 43.0 Å². The maximum atomic E-state index is 17.4. The smallest absolute Gasteiger partial charge is 0.420 e. The Hall–Kier alpha value is -5.08. The lowest BCUT2D eigenvalue weighted by Crippen LogP contribution is -2.39. The van der Waals surface area contributed by atoms with Crippen LogP contribution in [0.5, 0.6) is 11.8 Å². The summed E-state index contributed by atoms with van der Waals surface area (Å²) < 4.78 is 105. The van der Waals surface area contributed by atoms with Gasteiger partial charge in [-0.15, -0.1) is 11.3 Å². The van der Waals surface area contributed by atoms with Crippen molar-refractivity contribution in [2.75, 3.05) is 55.8 Å². The number of hydrogen-bond acceptors (Lipinski definition) is 11. The van der Waals surface area contributed by atoms with Gasteiger partial charge in [0.05, 0.1) is 34.8 Å². The number of benzene rings is 2. The average molecular weight is 783 g/mol. The van der Waals surface area contributed by atoms with Crippen LogP contribution in [0, 0.1) is 35.3 Å². The van der Waals surface area contributed by atoms with Gasteiger partial charge in [-0.25, -0.2) is 18.2 Å². The van der Waals surface area contributed by atoms with Crippen molar-refractivity contribution in [1.29, 1.82) is 5.26 Å². The molecule has 5 aromatic rings. The highest BCUT2D eigenvalue weighted by atomic mass is 32.1. The molecule has 0 amide bonds. The molecule has 17 heteroatoms. The molecule has 3 aliphatic rings. The number of thiophene rings is 1. The monoisotopic (exact) mass is 782 g/mol. The number of pyridine rings is 1. The van der Waals surface area contributed by atoms with E-state index in [-0.39, 0.29) is 68.9 Å². The summed E-state index contributed by atoms with van der Waals surface area (Å²) in [6.07, 6.45) is -3.51. The molecule has 1 saturated carbocycles. The molecule has 0 spiro atoms. The Balaban J connectivity index is 1.34. The summed E-state index contributed by atoms with van der Waals surface area (Å²) in [5.41, 5.74) is 9.61. The Labute approximate surface area is 315 Å². The van der Waals surface area contributed by atoms with Gasteiger partial charge in [0.1, 0.15) is 58.1 Å². The minimum Gasteiger partial charge on any atom is -0.490 e. The number of nitrogens with two attached hydrogens (primary N) is 2. The number of nitriles is 1. The molecule has 1 unspecified atom stereocenters. The molecule has 3 aromatic heterocycles. The Bertz CT molecular complexity index is 2390. The first kappa shape index (κ1) is 36.9. The highest BCUT2D eigenvalue weighted by Gasteiger charge is 2.47. The largest absolute Gasteiger partial charge is 0.490 e. The van der Waals surface area contributed by atoms with E-state index in [4.69, 9.17) is 20.9 Å². The molecule has 1 atom stereocenters. The lowest BCUT2D eigenvalue weighted by atomic mass is 9.91. The van der Waals surface area contributed by atoms with Gasteiger partial charge in [-0.1, -0.05) is 12.1 Å². The van der Waals surface area contributed by atoms with Crippen LogP contribution >= 0.6 is 11.3 Å². The molecule has 1 saturated heterocycles. The number of aromatic nitrogens is 3. The van der Waals surface area contributed by atoms with Crippen LogP contribution < -0.4 is 25.8 Å². The van der Waals surface area contributed by atoms with Gasteiger partial charge >= 0.3 is 12.2 Å². The summed E-state index contributed by atoms with van der Waals surface area (Å²) in [4.78, 5) is 17.3. The number of alkyl halides is 4. The second kappa shape index (κ2) is 13.6.